The first-order valence-electron chi connectivity index (χ1n) is 19.7. The van der Waals surface area contributed by atoms with E-state index in [4.69, 9.17) is 9.97 Å². The molecular weight excluding hydrogens is 677 g/mol. The molecule has 0 atom stereocenters. The molecule has 270 valence electrons. The van der Waals surface area contributed by atoms with Crippen molar-refractivity contribution in [2.24, 2.45) is 0 Å². The van der Waals surface area contributed by atoms with Crippen molar-refractivity contribution in [3.63, 3.8) is 0 Å². The van der Waals surface area contributed by atoms with E-state index in [1.54, 1.807) is 0 Å². The molecule has 10 aromatic rings. The zero-order valence-corrected chi connectivity index (χ0v) is 32.9. The van der Waals surface area contributed by atoms with Gasteiger partial charge in [-0.1, -0.05) is 169 Å². The normalized spacial score (nSPS) is 12.5. The summed E-state index contributed by atoms with van der Waals surface area (Å²) >= 11 is 0. The molecule has 10 rings (SSSR count). The topological polar surface area (TPSA) is 25.8 Å². The Hall–Kier alpha value is -6.38. The first kappa shape index (κ1) is 34.1. The van der Waals surface area contributed by atoms with E-state index in [0.717, 1.165) is 33.2 Å². The summed E-state index contributed by atoms with van der Waals surface area (Å²) in [7, 11) is 0. The van der Waals surface area contributed by atoms with Crippen LogP contribution >= 0.6 is 0 Å². The van der Waals surface area contributed by atoms with Gasteiger partial charge in [0.2, 0.25) is 0 Å². The third-order valence-electron chi connectivity index (χ3n) is 11.6. The van der Waals surface area contributed by atoms with Crippen molar-refractivity contribution in [3.05, 3.63) is 169 Å². The molecule has 0 saturated carbocycles. The van der Waals surface area contributed by atoms with Crippen molar-refractivity contribution < 1.29 is 0 Å². The van der Waals surface area contributed by atoms with Crippen molar-refractivity contribution >= 4 is 64.9 Å². The van der Waals surface area contributed by atoms with E-state index >= 15 is 0 Å². The maximum atomic E-state index is 5.40. The molecule has 8 aromatic carbocycles. The van der Waals surface area contributed by atoms with E-state index in [-0.39, 0.29) is 10.8 Å². The van der Waals surface area contributed by atoms with E-state index in [0.29, 0.717) is 0 Å². The Morgan fingerprint density at radius 3 is 1.39 bits per heavy atom. The molecule has 0 spiro atoms. The summed E-state index contributed by atoms with van der Waals surface area (Å²) < 4.78 is 0. The number of benzene rings is 8. The van der Waals surface area contributed by atoms with Crippen molar-refractivity contribution in [1.29, 1.82) is 0 Å². The second kappa shape index (κ2) is 12.6. The molecule has 0 radical (unpaired) electrons. The lowest BCUT2D eigenvalue weighted by molar-refractivity contribution is 0.570. The van der Waals surface area contributed by atoms with Gasteiger partial charge in [0.05, 0.1) is 11.0 Å². The van der Waals surface area contributed by atoms with Gasteiger partial charge in [-0.05, 0) is 107 Å². The van der Waals surface area contributed by atoms with Gasteiger partial charge in [-0.3, -0.25) is 0 Å². The highest BCUT2D eigenvalue weighted by Crippen LogP contribution is 2.46. The predicted octanol–water partition coefficient (Wildman–Crippen LogP) is 15.0. The Labute approximate surface area is 328 Å². The third-order valence-corrected chi connectivity index (χ3v) is 11.6. The van der Waals surface area contributed by atoms with Crippen LogP contribution in [-0.4, -0.2) is 9.97 Å². The molecule has 2 aromatic heterocycles. The highest BCUT2D eigenvalue weighted by atomic mass is 14.8. The van der Waals surface area contributed by atoms with Crippen LogP contribution in [0.25, 0.3) is 98.3 Å². The van der Waals surface area contributed by atoms with Crippen molar-refractivity contribution in [2.75, 3.05) is 0 Å². The van der Waals surface area contributed by atoms with Gasteiger partial charge in [0.15, 0.2) is 0 Å². The quantitative estimate of drug-likeness (QED) is 0.134. The van der Waals surface area contributed by atoms with Crippen LogP contribution < -0.4 is 0 Å². The Morgan fingerprint density at radius 1 is 0.321 bits per heavy atom. The Bertz CT molecular complexity index is 3210. The number of hydrogen-bond acceptors (Lipinski definition) is 2. The molecule has 0 bridgehead atoms. The van der Waals surface area contributed by atoms with Crippen LogP contribution in [0.5, 0.6) is 0 Å². The maximum absolute atomic E-state index is 5.40. The average molecular weight is 721 g/mol. The van der Waals surface area contributed by atoms with Gasteiger partial charge >= 0.3 is 0 Å². The molecule has 2 nitrogen and oxygen atoms in total. The third kappa shape index (κ3) is 5.63. The van der Waals surface area contributed by atoms with Crippen LogP contribution in [0, 0.1) is 0 Å². The van der Waals surface area contributed by atoms with Crippen molar-refractivity contribution in [1.82, 2.24) is 9.97 Å². The lowest BCUT2D eigenvalue weighted by Crippen LogP contribution is -2.15. The monoisotopic (exact) mass is 720 g/mol. The summed E-state index contributed by atoms with van der Waals surface area (Å²) in [6.45, 7) is 13.4. The Morgan fingerprint density at radius 2 is 0.786 bits per heavy atom. The fraction of sp³-hybridized carbons (Fsp3) is 0.148. The summed E-state index contributed by atoms with van der Waals surface area (Å²) in [5, 5.41) is 12.2. The van der Waals surface area contributed by atoms with Gasteiger partial charge < -0.3 is 0 Å². The largest absolute Gasteiger partial charge is 0.250 e. The second-order valence-corrected chi connectivity index (χ2v) is 17.5. The van der Waals surface area contributed by atoms with Crippen LogP contribution in [0.15, 0.2) is 158 Å². The molecule has 0 aliphatic rings. The smallest absolute Gasteiger partial charge is 0.0974 e. The van der Waals surface area contributed by atoms with E-state index in [1.165, 1.54) is 76.5 Å². The molecule has 56 heavy (non-hydrogen) atoms. The fourth-order valence-corrected chi connectivity index (χ4v) is 8.57. The van der Waals surface area contributed by atoms with Crippen molar-refractivity contribution in [3.8, 4) is 33.4 Å². The zero-order chi connectivity index (χ0) is 38.3. The first-order valence-corrected chi connectivity index (χ1v) is 19.7. The minimum Gasteiger partial charge on any atom is -0.250 e. The van der Waals surface area contributed by atoms with Crippen molar-refractivity contribution in [2.45, 2.75) is 52.4 Å². The van der Waals surface area contributed by atoms with Crippen LogP contribution in [0.1, 0.15) is 52.9 Å². The average Bonchev–Trinajstić information content (AvgIpc) is 3.20. The van der Waals surface area contributed by atoms with E-state index in [1.807, 2.05) is 0 Å². The predicted molar refractivity (Wildman–Crippen MR) is 241 cm³/mol. The summed E-state index contributed by atoms with van der Waals surface area (Å²) in [5.74, 6) is 0. The minimum absolute atomic E-state index is 0.0795. The minimum atomic E-state index is -0.167. The van der Waals surface area contributed by atoms with Gasteiger partial charge in [-0.15, -0.1) is 0 Å². The molecule has 0 aliphatic carbocycles. The fourth-order valence-electron chi connectivity index (χ4n) is 8.57. The van der Waals surface area contributed by atoms with E-state index in [9.17, 15) is 0 Å². The lowest BCUT2D eigenvalue weighted by atomic mass is 9.83. The van der Waals surface area contributed by atoms with Gasteiger partial charge in [0, 0.05) is 33.0 Å². The van der Waals surface area contributed by atoms with Gasteiger partial charge in [0.25, 0.3) is 0 Å². The molecular formula is C54H44N2. The highest BCUT2D eigenvalue weighted by Gasteiger charge is 2.23. The molecule has 0 aliphatic heterocycles. The highest BCUT2D eigenvalue weighted by molar-refractivity contribution is 6.23. The number of aromatic nitrogens is 2. The molecule has 0 unspecified atom stereocenters. The standard InChI is InChI=1S/C54H44N2/c1-53(2,3)47-28-25-35-23-27-44-45(32-48(54(4,5)6)56-52(44)51(35)55-47)38-24-26-43-46(31-38)50(40-22-20-34-14-8-10-16-37(34)30-40)42-18-12-11-17-41(42)49(43)39-21-19-33-13-7-9-15-36(33)29-39/h7-32H,1-6H3. The number of fused-ring (bicyclic) bond motifs is 7. The number of nitrogens with zero attached hydrogens (tertiary/aromatic N) is 2. The molecule has 0 amide bonds. The number of pyridine rings is 2. The summed E-state index contributed by atoms with van der Waals surface area (Å²) in [6.07, 6.45) is 0. The first-order chi connectivity index (χ1) is 27.0. The van der Waals surface area contributed by atoms with E-state index < -0.39 is 0 Å². The summed E-state index contributed by atoms with van der Waals surface area (Å²) in [4.78, 5) is 10.7. The SMILES string of the molecule is CC(C)(C)c1ccc2ccc3c(-c4ccc5c(-c6ccc7ccccc7c6)c6ccccc6c(-c6ccc7ccccc7c6)c5c4)cc(C(C)(C)C)nc3c2n1. The molecule has 2 heterocycles. The van der Waals surface area contributed by atoms with Crippen LogP contribution in [0.2, 0.25) is 0 Å². The van der Waals surface area contributed by atoms with Gasteiger partial charge in [-0.25, -0.2) is 9.97 Å². The van der Waals surface area contributed by atoms with Crippen LogP contribution in [0.3, 0.4) is 0 Å². The Kier molecular flexibility index (Phi) is 7.67. The lowest BCUT2D eigenvalue weighted by Gasteiger charge is -2.22. The number of rotatable bonds is 3. The summed E-state index contributed by atoms with van der Waals surface area (Å²) in [6, 6.07) is 58.4. The number of hydrogen-bond donors (Lipinski definition) is 0. The molecule has 0 N–H and O–H groups in total. The Balaban J connectivity index is 1.33. The van der Waals surface area contributed by atoms with Crippen LogP contribution in [0.4, 0.5) is 0 Å². The molecule has 0 fully saturated rings. The van der Waals surface area contributed by atoms with Gasteiger partial charge in [0.1, 0.15) is 0 Å². The molecule has 2 heteroatoms. The zero-order valence-electron chi connectivity index (χ0n) is 32.9. The van der Waals surface area contributed by atoms with Crippen LogP contribution in [-0.2, 0) is 10.8 Å². The van der Waals surface area contributed by atoms with Gasteiger partial charge in [-0.2, -0.15) is 0 Å². The second-order valence-electron chi connectivity index (χ2n) is 17.5. The summed E-state index contributed by atoms with van der Waals surface area (Å²) in [5.41, 5.74) is 11.1. The maximum Gasteiger partial charge on any atom is 0.0974 e. The molecule has 0 saturated heterocycles. The van der Waals surface area contributed by atoms with E-state index in [2.05, 4.69) is 199 Å².